The number of carboxylic acid groups (broad SMARTS) is 2. The fourth-order valence-corrected chi connectivity index (χ4v) is 1.86. The van der Waals surface area contributed by atoms with Crippen LogP contribution in [0.5, 0.6) is 0 Å². The Morgan fingerprint density at radius 1 is 1.41 bits per heavy atom. The number of hydrogen-bond donors (Lipinski definition) is 3. The van der Waals surface area contributed by atoms with E-state index in [9.17, 15) is 14.4 Å². The maximum Gasteiger partial charge on any atom is 0.326 e. The Hall–Kier alpha value is -1.63. The van der Waals surface area contributed by atoms with E-state index in [0.29, 0.717) is 19.4 Å². The Morgan fingerprint density at radius 3 is 2.59 bits per heavy atom. The third-order valence-electron chi connectivity index (χ3n) is 2.75. The maximum absolute atomic E-state index is 11.9. The van der Waals surface area contributed by atoms with Gasteiger partial charge in [-0.15, -0.1) is 0 Å². The standard InChI is InChI=1S/C10H16N2O5/c1-6(11-5-8(13)14)9(15)12-4-2-3-7(12)10(16)17/h6-7,11H,2-5H2,1H3,(H,13,14)(H,16,17)/t6-,7-/m0/s1. The van der Waals surface area contributed by atoms with Crippen molar-refractivity contribution in [3.05, 3.63) is 0 Å². The Bertz CT molecular complexity index is 331. The molecule has 0 radical (unpaired) electrons. The van der Waals surface area contributed by atoms with Crippen molar-refractivity contribution < 1.29 is 24.6 Å². The van der Waals surface area contributed by atoms with Gasteiger partial charge in [-0.25, -0.2) is 4.79 Å². The molecule has 1 amide bonds. The van der Waals surface area contributed by atoms with Crippen LogP contribution in [0.3, 0.4) is 0 Å². The van der Waals surface area contributed by atoms with E-state index in [4.69, 9.17) is 10.2 Å². The number of likely N-dealkylation sites (tertiary alicyclic amines) is 1. The molecule has 1 heterocycles. The summed E-state index contributed by atoms with van der Waals surface area (Å²) in [5.74, 6) is -2.43. The van der Waals surface area contributed by atoms with Gasteiger partial charge in [0.05, 0.1) is 12.6 Å². The minimum Gasteiger partial charge on any atom is -0.480 e. The number of aliphatic carboxylic acids is 2. The van der Waals surface area contributed by atoms with Gasteiger partial charge in [0.2, 0.25) is 5.91 Å². The van der Waals surface area contributed by atoms with Crippen LogP contribution in [0.4, 0.5) is 0 Å². The molecule has 2 atom stereocenters. The monoisotopic (exact) mass is 244 g/mol. The van der Waals surface area contributed by atoms with Crippen molar-refractivity contribution in [2.75, 3.05) is 13.1 Å². The molecule has 1 saturated heterocycles. The lowest BCUT2D eigenvalue weighted by atomic mass is 10.2. The Morgan fingerprint density at radius 2 is 2.06 bits per heavy atom. The largest absolute Gasteiger partial charge is 0.480 e. The fourth-order valence-electron chi connectivity index (χ4n) is 1.86. The normalized spacial score (nSPS) is 21.2. The average molecular weight is 244 g/mol. The summed E-state index contributed by atoms with van der Waals surface area (Å²) in [7, 11) is 0. The predicted molar refractivity (Wildman–Crippen MR) is 57.5 cm³/mol. The van der Waals surface area contributed by atoms with Crippen molar-refractivity contribution in [2.45, 2.75) is 31.8 Å². The lowest BCUT2D eigenvalue weighted by Crippen LogP contribution is -2.49. The lowest BCUT2D eigenvalue weighted by molar-refractivity contribution is -0.149. The summed E-state index contributed by atoms with van der Waals surface area (Å²) in [6, 6.07) is -1.47. The topological polar surface area (TPSA) is 107 Å². The Kier molecular flexibility index (Phi) is 4.45. The number of carboxylic acids is 2. The number of hydrogen-bond acceptors (Lipinski definition) is 4. The number of nitrogens with zero attached hydrogens (tertiary/aromatic N) is 1. The molecule has 1 rings (SSSR count). The smallest absolute Gasteiger partial charge is 0.326 e. The summed E-state index contributed by atoms with van der Waals surface area (Å²) in [4.78, 5) is 34.4. The second kappa shape index (κ2) is 5.62. The molecule has 0 bridgehead atoms. The molecule has 0 aromatic carbocycles. The minimum absolute atomic E-state index is 0.321. The second-order valence-corrected chi connectivity index (χ2v) is 4.02. The lowest BCUT2D eigenvalue weighted by Gasteiger charge is -2.25. The molecule has 1 aliphatic rings. The molecule has 3 N–H and O–H groups in total. The summed E-state index contributed by atoms with van der Waals surface area (Å²) < 4.78 is 0. The van der Waals surface area contributed by atoms with Crippen molar-refractivity contribution in [2.24, 2.45) is 0 Å². The van der Waals surface area contributed by atoms with E-state index in [2.05, 4.69) is 5.32 Å². The van der Waals surface area contributed by atoms with Crippen LogP contribution >= 0.6 is 0 Å². The second-order valence-electron chi connectivity index (χ2n) is 4.02. The van der Waals surface area contributed by atoms with Crippen LogP contribution in [0, 0.1) is 0 Å². The van der Waals surface area contributed by atoms with E-state index in [1.54, 1.807) is 0 Å². The highest BCUT2D eigenvalue weighted by Crippen LogP contribution is 2.18. The summed E-state index contributed by atoms with van der Waals surface area (Å²) in [5, 5.41) is 19.9. The van der Waals surface area contributed by atoms with Crippen LogP contribution in [0.2, 0.25) is 0 Å². The minimum atomic E-state index is -1.05. The average Bonchev–Trinajstić information content (AvgIpc) is 2.73. The molecule has 7 heteroatoms. The zero-order valence-electron chi connectivity index (χ0n) is 9.55. The first-order valence-corrected chi connectivity index (χ1v) is 5.42. The molecule has 1 fully saturated rings. The van der Waals surface area contributed by atoms with E-state index < -0.39 is 24.0 Å². The molecular formula is C10H16N2O5. The quantitative estimate of drug-likeness (QED) is 0.580. The molecule has 0 unspecified atom stereocenters. The molecule has 0 aliphatic carbocycles. The van der Waals surface area contributed by atoms with Gasteiger partial charge >= 0.3 is 11.9 Å². The molecular weight excluding hydrogens is 228 g/mol. The maximum atomic E-state index is 11.9. The van der Waals surface area contributed by atoms with Gasteiger partial charge in [-0.2, -0.15) is 0 Å². The third-order valence-corrected chi connectivity index (χ3v) is 2.75. The first kappa shape index (κ1) is 13.4. The summed E-state index contributed by atoms with van der Waals surface area (Å²) in [6.45, 7) is 1.62. The van der Waals surface area contributed by atoms with Crippen LogP contribution in [-0.2, 0) is 14.4 Å². The highest BCUT2D eigenvalue weighted by Gasteiger charge is 2.35. The zero-order chi connectivity index (χ0) is 13.0. The van der Waals surface area contributed by atoms with Crippen LogP contribution in [0.15, 0.2) is 0 Å². The van der Waals surface area contributed by atoms with Crippen LogP contribution in [-0.4, -0.2) is 58.1 Å². The van der Waals surface area contributed by atoms with Crippen molar-refractivity contribution >= 4 is 17.8 Å². The Labute approximate surface area is 98.4 Å². The fraction of sp³-hybridized carbons (Fsp3) is 0.700. The van der Waals surface area contributed by atoms with Gasteiger partial charge in [0.1, 0.15) is 6.04 Å². The molecule has 0 spiro atoms. The predicted octanol–water partition coefficient (Wildman–Crippen LogP) is -0.875. The van der Waals surface area contributed by atoms with Gasteiger partial charge in [0, 0.05) is 6.54 Å². The van der Waals surface area contributed by atoms with Crippen LogP contribution < -0.4 is 5.32 Å². The summed E-state index contributed by atoms with van der Waals surface area (Å²) in [6.07, 6.45) is 1.11. The molecule has 7 nitrogen and oxygen atoms in total. The number of carbonyl (C=O) groups excluding carboxylic acids is 1. The van der Waals surface area contributed by atoms with Gasteiger partial charge in [-0.1, -0.05) is 0 Å². The van der Waals surface area contributed by atoms with E-state index in [0.717, 1.165) is 0 Å². The third kappa shape index (κ3) is 3.42. The highest BCUT2D eigenvalue weighted by molar-refractivity contribution is 5.87. The molecule has 17 heavy (non-hydrogen) atoms. The van der Waals surface area contributed by atoms with Crippen molar-refractivity contribution in [1.82, 2.24) is 10.2 Å². The number of nitrogens with one attached hydrogen (secondary N) is 1. The van der Waals surface area contributed by atoms with Crippen molar-refractivity contribution in [3.63, 3.8) is 0 Å². The SMILES string of the molecule is C[C@H](NCC(=O)O)C(=O)N1CCC[C@H]1C(=O)O. The summed E-state index contributed by atoms with van der Waals surface area (Å²) in [5.41, 5.74) is 0. The van der Waals surface area contributed by atoms with Crippen molar-refractivity contribution in [3.8, 4) is 0 Å². The first-order valence-electron chi connectivity index (χ1n) is 5.42. The van der Waals surface area contributed by atoms with E-state index in [-0.39, 0.29) is 12.5 Å². The molecule has 96 valence electrons. The van der Waals surface area contributed by atoms with Crippen molar-refractivity contribution in [1.29, 1.82) is 0 Å². The number of carbonyl (C=O) groups is 3. The summed E-state index contributed by atoms with van der Waals surface area (Å²) >= 11 is 0. The van der Waals surface area contributed by atoms with Crippen LogP contribution in [0.25, 0.3) is 0 Å². The van der Waals surface area contributed by atoms with Gasteiger partial charge < -0.3 is 15.1 Å². The van der Waals surface area contributed by atoms with E-state index in [1.165, 1.54) is 11.8 Å². The molecule has 0 saturated carbocycles. The Balaban J connectivity index is 2.56. The van der Waals surface area contributed by atoms with Crippen LogP contribution in [0.1, 0.15) is 19.8 Å². The van der Waals surface area contributed by atoms with Gasteiger partial charge in [-0.05, 0) is 19.8 Å². The molecule has 0 aromatic rings. The highest BCUT2D eigenvalue weighted by atomic mass is 16.4. The first-order chi connectivity index (χ1) is 7.93. The van der Waals surface area contributed by atoms with Gasteiger partial charge in [0.25, 0.3) is 0 Å². The van der Waals surface area contributed by atoms with E-state index >= 15 is 0 Å². The zero-order valence-corrected chi connectivity index (χ0v) is 9.55. The molecule has 0 aromatic heterocycles. The van der Waals surface area contributed by atoms with E-state index in [1.807, 2.05) is 0 Å². The van der Waals surface area contributed by atoms with Gasteiger partial charge in [0.15, 0.2) is 0 Å². The van der Waals surface area contributed by atoms with Gasteiger partial charge in [-0.3, -0.25) is 14.9 Å². The number of amides is 1. The number of rotatable bonds is 5. The molecule has 1 aliphatic heterocycles.